The summed E-state index contributed by atoms with van der Waals surface area (Å²) in [5.74, 6) is -1.95. The van der Waals surface area contributed by atoms with Gasteiger partial charge in [-0.3, -0.25) is 0 Å². The van der Waals surface area contributed by atoms with E-state index in [4.69, 9.17) is 24.7 Å². The van der Waals surface area contributed by atoms with E-state index in [0.29, 0.717) is 5.56 Å². The van der Waals surface area contributed by atoms with E-state index in [1.165, 1.54) is 30.1 Å². The molecule has 3 aromatic rings. The van der Waals surface area contributed by atoms with Crippen molar-refractivity contribution >= 4 is 23.6 Å². The molecule has 10 heteroatoms. The van der Waals surface area contributed by atoms with E-state index in [1.807, 2.05) is 0 Å². The highest BCUT2D eigenvalue weighted by Crippen LogP contribution is 2.30. The second-order valence-corrected chi connectivity index (χ2v) is 8.01. The number of hydrogen-bond donors (Lipinski definition) is 2. The summed E-state index contributed by atoms with van der Waals surface area (Å²) in [6.45, 7) is -0.298. The largest absolute Gasteiger partial charge is 0.465 e. The molecule has 2 aromatic carbocycles. The third-order valence-electron chi connectivity index (χ3n) is 5.66. The van der Waals surface area contributed by atoms with Gasteiger partial charge in [-0.05, 0) is 24.3 Å². The second-order valence-electron chi connectivity index (χ2n) is 8.01. The van der Waals surface area contributed by atoms with Crippen molar-refractivity contribution in [1.29, 1.82) is 0 Å². The predicted octanol–water partition coefficient (Wildman–Crippen LogP) is 1.68. The lowest BCUT2D eigenvalue weighted by molar-refractivity contribution is -0.765. The first-order valence-corrected chi connectivity index (χ1v) is 11.1. The molecule has 2 heterocycles. The fourth-order valence-corrected chi connectivity index (χ4v) is 3.79. The number of aliphatic hydroxyl groups excluding tert-OH is 1. The molecule has 0 saturated carbocycles. The van der Waals surface area contributed by atoms with E-state index in [-0.39, 0.29) is 23.4 Å². The summed E-state index contributed by atoms with van der Waals surface area (Å²) in [6.07, 6.45) is -1.76. The number of methoxy groups -OCH3 is 1. The lowest BCUT2D eigenvalue weighted by Crippen LogP contribution is -2.47. The molecule has 10 nitrogen and oxygen atoms in total. The van der Waals surface area contributed by atoms with Crippen LogP contribution in [0.5, 0.6) is 0 Å². The lowest BCUT2D eigenvalue weighted by atomic mass is 10.1. The van der Waals surface area contributed by atoms with Crippen molar-refractivity contribution in [1.82, 2.24) is 0 Å². The molecule has 1 aliphatic heterocycles. The van der Waals surface area contributed by atoms with E-state index >= 15 is 0 Å². The Morgan fingerprint density at radius 2 is 1.56 bits per heavy atom. The Balaban J connectivity index is 1.58. The van der Waals surface area contributed by atoms with Gasteiger partial charge in [0, 0.05) is 6.07 Å². The van der Waals surface area contributed by atoms with E-state index in [0.717, 1.165) is 0 Å². The van der Waals surface area contributed by atoms with Crippen LogP contribution in [0.3, 0.4) is 0 Å². The standard InChI is InChI=1S/C26H24N2O8/c1-33-26(32)18-14-28(13-12-19(18)27)23-21(29)22(36-25(31)17-10-6-3-7-11-17)20(35-23)15-34-24(30)16-8-4-2-5-9-16/h2-14,20-23,27,29H,15H2,1H3/p+1/t20-,21-,22-,23?/m1/s1. The zero-order valence-corrected chi connectivity index (χ0v) is 19.4. The molecule has 1 aromatic heterocycles. The van der Waals surface area contributed by atoms with E-state index in [2.05, 4.69) is 0 Å². The van der Waals surface area contributed by atoms with Gasteiger partial charge in [0.15, 0.2) is 24.6 Å². The van der Waals surface area contributed by atoms with Gasteiger partial charge in [0.25, 0.3) is 6.23 Å². The summed E-state index contributed by atoms with van der Waals surface area (Å²) in [7, 11) is 1.22. The minimum absolute atomic E-state index is 0.0626. The number of nitrogens with two attached hydrogens (primary N) is 1. The van der Waals surface area contributed by atoms with Crippen LogP contribution in [0.15, 0.2) is 79.1 Å². The first kappa shape index (κ1) is 24.8. The fraction of sp³-hybridized carbons (Fsp3) is 0.231. The predicted molar refractivity (Wildman–Crippen MR) is 125 cm³/mol. The topological polar surface area (TPSA) is 138 Å². The van der Waals surface area contributed by atoms with Crippen LogP contribution in [-0.4, -0.2) is 55.0 Å². The quantitative estimate of drug-likeness (QED) is 0.286. The molecule has 4 atom stereocenters. The number of aliphatic hydroxyl groups is 1. The minimum Gasteiger partial charge on any atom is -0.465 e. The smallest absolute Gasteiger partial charge is 0.346 e. The maximum atomic E-state index is 12.7. The van der Waals surface area contributed by atoms with Gasteiger partial charge in [0.05, 0.1) is 23.9 Å². The Hall–Kier alpha value is -4.28. The molecule has 0 aliphatic carbocycles. The van der Waals surface area contributed by atoms with Crippen LogP contribution in [0.2, 0.25) is 0 Å². The highest BCUT2D eigenvalue weighted by Gasteiger charge is 2.52. The first-order chi connectivity index (χ1) is 17.4. The Morgan fingerprint density at radius 3 is 2.17 bits per heavy atom. The Morgan fingerprint density at radius 1 is 0.944 bits per heavy atom. The summed E-state index contributed by atoms with van der Waals surface area (Å²) in [5, 5.41) is 11.1. The number of nitrogens with zero attached hydrogens (tertiary/aromatic N) is 1. The number of ether oxygens (including phenoxy) is 4. The number of rotatable bonds is 7. The molecule has 3 N–H and O–H groups in total. The van der Waals surface area contributed by atoms with Gasteiger partial charge in [-0.25, -0.2) is 14.4 Å². The van der Waals surface area contributed by atoms with Crippen LogP contribution in [0.25, 0.3) is 0 Å². The maximum Gasteiger partial charge on any atom is 0.346 e. The molecule has 4 rings (SSSR count). The summed E-state index contributed by atoms with van der Waals surface area (Å²) in [6, 6.07) is 18.1. The van der Waals surface area contributed by atoms with Gasteiger partial charge in [0.1, 0.15) is 18.3 Å². The van der Waals surface area contributed by atoms with Gasteiger partial charge < -0.3 is 29.8 Å². The van der Waals surface area contributed by atoms with Crippen molar-refractivity contribution < 1.29 is 43.0 Å². The van der Waals surface area contributed by atoms with Crippen molar-refractivity contribution in [3.8, 4) is 0 Å². The van der Waals surface area contributed by atoms with Crippen molar-refractivity contribution in [3.63, 3.8) is 0 Å². The van der Waals surface area contributed by atoms with Crippen molar-refractivity contribution in [3.05, 3.63) is 95.8 Å². The molecule has 36 heavy (non-hydrogen) atoms. The molecule has 1 aliphatic rings. The minimum atomic E-state index is -1.36. The number of aromatic nitrogens is 1. The molecular weight excluding hydrogens is 468 g/mol. The summed E-state index contributed by atoms with van der Waals surface area (Å²) >= 11 is 0. The zero-order chi connectivity index (χ0) is 25.7. The molecule has 1 fully saturated rings. The number of esters is 3. The molecule has 1 saturated heterocycles. The van der Waals surface area contributed by atoms with Crippen LogP contribution in [0.4, 0.5) is 5.69 Å². The van der Waals surface area contributed by atoms with Crippen LogP contribution in [-0.2, 0) is 18.9 Å². The number of carbonyl (C=O) groups excluding carboxylic acids is 3. The zero-order valence-electron chi connectivity index (χ0n) is 19.4. The van der Waals surface area contributed by atoms with E-state index < -0.39 is 42.4 Å². The normalized spacial score (nSPS) is 20.9. The van der Waals surface area contributed by atoms with E-state index in [9.17, 15) is 19.5 Å². The highest BCUT2D eigenvalue weighted by molar-refractivity contribution is 5.94. The number of anilines is 1. The molecule has 1 unspecified atom stereocenters. The summed E-state index contributed by atoms with van der Waals surface area (Å²) in [5.41, 5.74) is 6.72. The monoisotopic (exact) mass is 493 g/mol. The third kappa shape index (κ3) is 5.35. The van der Waals surface area contributed by atoms with Gasteiger partial charge in [-0.1, -0.05) is 36.4 Å². The fourth-order valence-electron chi connectivity index (χ4n) is 3.79. The van der Waals surface area contributed by atoms with E-state index in [1.54, 1.807) is 60.7 Å². The van der Waals surface area contributed by atoms with Gasteiger partial charge in [-0.2, -0.15) is 4.57 Å². The number of benzene rings is 2. The number of pyridine rings is 1. The number of carbonyl (C=O) groups is 3. The molecule has 0 bridgehead atoms. The SMILES string of the molecule is COC(=O)c1c[n+](C2O[C@H](COC(=O)c3ccccc3)[C@@H](OC(=O)c3ccccc3)[C@H]2O)ccc1N. The van der Waals surface area contributed by atoms with Gasteiger partial charge in [0.2, 0.25) is 0 Å². The highest BCUT2D eigenvalue weighted by atomic mass is 16.6. The van der Waals surface area contributed by atoms with Gasteiger partial charge in [-0.15, -0.1) is 0 Å². The van der Waals surface area contributed by atoms with Crippen LogP contribution < -0.4 is 10.3 Å². The average molecular weight is 493 g/mol. The van der Waals surface area contributed by atoms with Crippen molar-refractivity contribution in [2.24, 2.45) is 0 Å². The van der Waals surface area contributed by atoms with Crippen LogP contribution in [0.1, 0.15) is 37.3 Å². The molecule has 0 spiro atoms. The first-order valence-electron chi connectivity index (χ1n) is 11.1. The van der Waals surface area contributed by atoms with Crippen molar-refractivity contribution in [2.75, 3.05) is 19.5 Å². The number of hydrogen-bond acceptors (Lipinski definition) is 9. The summed E-state index contributed by atoms with van der Waals surface area (Å²) in [4.78, 5) is 37.3. The van der Waals surface area contributed by atoms with Crippen LogP contribution in [0, 0.1) is 0 Å². The Kier molecular flexibility index (Phi) is 7.57. The molecule has 0 radical (unpaired) electrons. The molecule has 0 amide bonds. The molecular formula is C26H25N2O8+. The lowest BCUT2D eigenvalue weighted by Gasteiger charge is -2.19. The van der Waals surface area contributed by atoms with Crippen molar-refractivity contribution in [2.45, 2.75) is 24.5 Å². The maximum absolute atomic E-state index is 12.7. The Bertz CT molecular complexity index is 1240. The van der Waals surface area contributed by atoms with Crippen LogP contribution >= 0.6 is 0 Å². The Labute approximate surface area is 206 Å². The average Bonchev–Trinajstić information content (AvgIpc) is 3.22. The third-order valence-corrected chi connectivity index (χ3v) is 5.66. The molecule has 186 valence electrons. The second kappa shape index (κ2) is 11.0. The summed E-state index contributed by atoms with van der Waals surface area (Å²) < 4.78 is 23.1. The van der Waals surface area contributed by atoms with Gasteiger partial charge >= 0.3 is 17.9 Å². The number of nitrogen functional groups attached to an aromatic ring is 1.